The molecule has 5 heteroatoms. The Morgan fingerprint density at radius 3 is 2.48 bits per heavy atom. The summed E-state index contributed by atoms with van der Waals surface area (Å²) in [5, 5.41) is 8.81. The number of hydrogen-bond donors (Lipinski definition) is 1. The average Bonchev–Trinajstić information content (AvgIpc) is 3.11. The van der Waals surface area contributed by atoms with Crippen molar-refractivity contribution in [2.24, 2.45) is 0 Å². The van der Waals surface area contributed by atoms with Crippen molar-refractivity contribution in [2.75, 3.05) is 12.4 Å². The van der Waals surface area contributed by atoms with Gasteiger partial charge < -0.3 is 27.0 Å². The molecular weight excluding hydrogens is 396 g/mol. The predicted molar refractivity (Wildman–Crippen MR) is 101 cm³/mol. The number of aromatic nitrogens is 1. The standard InChI is InChI=1S/C20H16N2OS.BrH/c1-23-16-11-9-15(10-12-16)19-13-24-20(22-19)21-18-8-4-6-14-5-2-3-7-17(14)18;/h2-13H,1H3,(H,21,22);1H/p-1. The molecule has 126 valence electrons. The summed E-state index contributed by atoms with van der Waals surface area (Å²) < 4.78 is 5.20. The minimum Gasteiger partial charge on any atom is -1.00 e. The van der Waals surface area contributed by atoms with Gasteiger partial charge in [-0.2, -0.15) is 0 Å². The molecule has 0 bridgehead atoms. The second-order valence-electron chi connectivity index (χ2n) is 5.42. The average molecular weight is 412 g/mol. The molecule has 0 aliphatic heterocycles. The van der Waals surface area contributed by atoms with E-state index in [0.717, 1.165) is 27.8 Å². The first-order valence-corrected chi connectivity index (χ1v) is 8.56. The largest absolute Gasteiger partial charge is 1.00 e. The fourth-order valence-corrected chi connectivity index (χ4v) is 3.41. The summed E-state index contributed by atoms with van der Waals surface area (Å²) in [6, 6.07) is 22.5. The molecule has 0 atom stereocenters. The second kappa shape index (κ2) is 7.68. The fraction of sp³-hybridized carbons (Fsp3) is 0.0500. The van der Waals surface area contributed by atoms with Crippen molar-refractivity contribution in [3.63, 3.8) is 0 Å². The number of fused-ring (bicyclic) bond motifs is 1. The van der Waals surface area contributed by atoms with Crippen LogP contribution in [0.15, 0.2) is 72.1 Å². The number of thiazole rings is 1. The molecule has 0 spiro atoms. The van der Waals surface area contributed by atoms with Crippen LogP contribution in [0.5, 0.6) is 5.75 Å². The Kier molecular flexibility index (Phi) is 5.36. The van der Waals surface area contributed by atoms with Crippen LogP contribution in [0, 0.1) is 0 Å². The highest BCUT2D eigenvalue weighted by Gasteiger charge is 2.07. The van der Waals surface area contributed by atoms with Gasteiger partial charge in [-0.05, 0) is 35.7 Å². The zero-order chi connectivity index (χ0) is 16.4. The Bertz CT molecular complexity index is 977. The molecule has 0 aliphatic carbocycles. The number of halogens is 1. The monoisotopic (exact) mass is 411 g/mol. The van der Waals surface area contributed by atoms with E-state index in [-0.39, 0.29) is 17.0 Å². The minimum atomic E-state index is 0. The van der Waals surface area contributed by atoms with E-state index in [1.165, 1.54) is 10.8 Å². The van der Waals surface area contributed by atoms with Gasteiger partial charge >= 0.3 is 0 Å². The first kappa shape index (κ1) is 17.5. The SMILES string of the molecule is COc1ccc(-c2csc(Nc3cccc4ccccc34)n2)cc1.[Br-]. The van der Waals surface area contributed by atoms with E-state index in [1.54, 1.807) is 18.4 Å². The molecule has 4 aromatic rings. The Morgan fingerprint density at radius 2 is 1.68 bits per heavy atom. The lowest BCUT2D eigenvalue weighted by Gasteiger charge is -2.07. The summed E-state index contributed by atoms with van der Waals surface area (Å²) in [5.41, 5.74) is 3.12. The molecule has 1 N–H and O–H groups in total. The summed E-state index contributed by atoms with van der Waals surface area (Å²) in [6.45, 7) is 0. The maximum Gasteiger partial charge on any atom is 0.187 e. The Hall–Kier alpha value is -2.37. The van der Waals surface area contributed by atoms with E-state index in [1.807, 2.05) is 24.3 Å². The van der Waals surface area contributed by atoms with Crippen LogP contribution in [0.4, 0.5) is 10.8 Å². The van der Waals surface area contributed by atoms with Crippen molar-refractivity contribution in [3.8, 4) is 17.0 Å². The lowest BCUT2D eigenvalue weighted by molar-refractivity contribution is -0.00000493. The summed E-state index contributed by atoms with van der Waals surface area (Å²) in [6.07, 6.45) is 0. The molecule has 3 nitrogen and oxygen atoms in total. The van der Waals surface area contributed by atoms with Crippen LogP contribution in [0.1, 0.15) is 0 Å². The van der Waals surface area contributed by atoms with Gasteiger partial charge in [-0.25, -0.2) is 4.98 Å². The van der Waals surface area contributed by atoms with Crippen molar-refractivity contribution < 1.29 is 21.7 Å². The molecule has 0 radical (unpaired) electrons. The van der Waals surface area contributed by atoms with Gasteiger partial charge in [0.25, 0.3) is 0 Å². The third-order valence-electron chi connectivity index (χ3n) is 3.92. The molecule has 3 aromatic carbocycles. The highest BCUT2D eigenvalue weighted by atomic mass is 79.9. The number of hydrogen-bond acceptors (Lipinski definition) is 4. The summed E-state index contributed by atoms with van der Waals surface area (Å²) in [4.78, 5) is 4.70. The van der Waals surface area contributed by atoms with Gasteiger partial charge in [0.15, 0.2) is 5.13 Å². The van der Waals surface area contributed by atoms with Crippen molar-refractivity contribution in [3.05, 3.63) is 72.1 Å². The quantitative estimate of drug-likeness (QED) is 0.560. The molecule has 0 fully saturated rings. The Balaban J connectivity index is 0.00000182. The fourth-order valence-electron chi connectivity index (χ4n) is 2.68. The van der Waals surface area contributed by atoms with Crippen LogP contribution in [0.2, 0.25) is 0 Å². The maximum absolute atomic E-state index is 5.20. The Morgan fingerprint density at radius 1 is 0.920 bits per heavy atom. The number of rotatable bonds is 4. The van der Waals surface area contributed by atoms with Crippen molar-refractivity contribution in [1.29, 1.82) is 0 Å². The van der Waals surface area contributed by atoms with E-state index in [4.69, 9.17) is 9.72 Å². The number of benzene rings is 3. The predicted octanol–water partition coefficient (Wildman–Crippen LogP) is 2.72. The minimum absolute atomic E-state index is 0. The second-order valence-corrected chi connectivity index (χ2v) is 6.28. The molecule has 0 amide bonds. The number of anilines is 2. The highest BCUT2D eigenvalue weighted by Crippen LogP contribution is 2.31. The molecule has 0 saturated heterocycles. The molecule has 1 heterocycles. The summed E-state index contributed by atoms with van der Waals surface area (Å²) in [5.74, 6) is 0.850. The van der Waals surface area contributed by atoms with Crippen molar-refractivity contribution in [2.45, 2.75) is 0 Å². The van der Waals surface area contributed by atoms with Gasteiger partial charge in [0.05, 0.1) is 12.8 Å². The van der Waals surface area contributed by atoms with E-state index >= 15 is 0 Å². The normalized spacial score (nSPS) is 10.3. The molecule has 0 saturated carbocycles. The third-order valence-corrected chi connectivity index (χ3v) is 4.68. The van der Waals surface area contributed by atoms with Gasteiger partial charge in [-0.3, -0.25) is 0 Å². The maximum atomic E-state index is 5.20. The van der Waals surface area contributed by atoms with Crippen molar-refractivity contribution >= 4 is 32.9 Å². The zero-order valence-electron chi connectivity index (χ0n) is 13.6. The van der Waals surface area contributed by atoms with Gasteiger partial charge in [0.1, 0.15) is 5.75 Å². The van der Waals surface area contributed by atoms with Gasteiger partial charge in [-0.1, -0.05) is 36.4 Å². The molecule has 0 unspecified atom stereocenters. The van der Waals surface area contributed by atoms with Crippen LogP contribution < -0.4 is 27.0 Å². The number of nitrogens with zero attached hydrogens (tertiary/aromatic N) is 1. The highest BCUT2D eigenvalue weighted by molar-refractivity contribution is 7.14. The van der Waals surface area contributed by atoms with E-state index in [2.05, 4.69) is 53.2 Å². The van der Waals surface area contributed by atoms with E-state index < -0.39 is 0 Å². The smallest absolute Gasteiger partial charge is 0.187 e. The van der Waals surface area contributed by atoms with Crippen LogP contribution in [-0.2, 0) is 0 Å². The van der Waals surface area contributed by atoms with Gasteiger partial charge in [0.2, 0.25) is 0 Å². The first-order chi connectivity index (χ1) is 11.8. The zero-order valence-corrected chi connectivity index (χ0v) is 16.0. The first-order valence-electron chi connectivity index (χ1n) is 7.68. The third kappa shape index (κ3) is 3.67. The van der Waals surface area contributed by atoms with Crippen LogP contribution in [0.25, 0.3) is 22.0 Å². The van der Waals surface area contributed by atoms with E-state index in [0.29, 0.717) is 0 Å². The molecule has 4 rings (SSSR count). The van der Waals surface area contributed by atoms with Crippen LogP contribution in [-0.4, -0.2) is 12.1 Å². The van der Waals surface area contributed by atoms with Crippen LogP contribution in [0.3, 0.4) is 0 Å². The van der Waals surface area contributed by atoms with Crippen LogP contribution >= 0.6 is 11.3 Å². The summed E-state index contributed by atoms with van der Waals surface area (Å²) >= 11 is 1.60. The van der Waals surface area contributed by atoms with Gasteiger partial charge in [-0.15, -0.1) is 11.3 Å². The number of nitrogens with one attached hydrogen (secondary N) is 1. The molecular formula is C20H16BrN2OS-. The molecule has 25 heavy (non-hydrogen) atoms. The van der Waals surface area contributed by atoms with Crippen molar-refractivity contribution in [1.82, 2.24) is 4.98 Å². The molecule has 0 aliphatic rings. The van der Waals surface area contributed by atoms with Gasteiger partial charge in [0, 0.05) is 22.0 Å². The molecule has 1 aromatic heterocycles. The Labute approximate surface area is 161 Å². The number of ether oxygens (including phenoxy) is 1. The van der Waals surface area contributed by atoms with E-state index in [9.17, 15) is 0 Å². The summed E-state index contributed by atoms with van der Waals surface area (Å²) in [7, 11) is 1.67. The lowest BCUT2D eigenvalue weighted by atomic mass is 10.1. The number of methoxy groups -OCH3 is 1. The lowest BCUT2D eigenvalue weighted by Crippen LogP contribution is -3.00. The topological polar surface area (TPSA) is 34.1 Å².